The van der Waals surface area contributed by atoms with Gasteiger partial charge in [-0.05, 0) is 51.5 Å². The molecular formula is C20H37N3O. The van der Waals surface area contributed by atoms with Gasteiger partial charge in [-0.15, -0.1) is 0 Å². The van der Waals surface area contributed by atoms with Gasteiger partial charge in [-0.2, -0.15) is 0 Å². The molecule has 2 aliphatic heterocycles. The fraction of sp³-hybridized carbons (Fsp3) is 0.950. The van der Waals surface area contributed by atoms with Crippen molar-refractivity contribution >= 4 is 5.91 Å². The lowest BCUT2D eigenvalue weighted by molar-refractivity contribution is -0.134. The first kappa shape index (κ1) is 18.2. The van der Waals surface area contributed by atoms with E-state index < -0.39 is 0 Å². The SMILES string of the molecule is C[C@H]1CN(C)CCN1CC1CCN(C(=O)CC2CCCCC2)CC1. The molecule has 0 spiro atoms. The molecule has 0 N–H and O–H groups in total. The van der Waals surface area contributed by atoms with Gasteiger partial charge in [0.2, 0.25) is 5.91 Å². The maximum atomic E-state index is 12.6. The zero-order valence-electron chi connectivity index (χ0n) is 15.9. The van der Waals surface area contributed by atoms with E-state index >= 15 is 0 Å². The standard InChI is InChI=1S/C20H37N3O/c1-17-15-21(2)12-13-23(17)16-19-8-10-22(11-9-19)20(24)14-18-6-4-3-5-7-18/h17-19H,3-16H2,1-2H3/t17-/m0/s1. The molecule has 0 aromatic carbocycles. The highest BCUT2D eigenvalue weighted by atomic mass is 16.2. The summed E-state index contributed by atoms with van der Waals surface area (Å²) in [4.78, 5) is 19.8. The molecule has 0 radical (unpaired) electrons. The Morgan fingerprint density at radius 3 is 2.29 bits per heavy atom. The molecule has 24 heavy (non-hydrogen) atoms. The molecule has 0 unspecified atom stereocenters. The smallest absolute Gasteiger partial charge is 0.222 e. The van der Waals surface area contributed by atoms with Crippen LogP contribution < -0.4 is 0 Å². The van der Waals surface area contributed by atoms with E-state index in [2.05, 4.69) is 28.7 Å². The maximum absolute atomic E-state index is 12.6. The molecule has 3 rings (SSSR count). The van der Waals surface area contributed by atoms with E-state index in [4.69, 9.17) is 0 Å². The van der Waals surface area contributed by atoms with Crippen LogP contribution in [0.1, 0.15) is 58.3 Å². The van der Waals surface area contributed by atoms with Gasteiger partial charge < -0.3 is 9.80 Å². The predicted octanol–water partition coefficient (Wildman–Crippen LogP) is 2.83. The zero-order valence-corrected chi connectivity index (χ0v) is 15.9. The fourth-order valence-corrected chi connectivity index (χ4v) is 4.91. The number of likely N-dealkylation sites (tertiary alicyclic amines) is 1. The van der Waals surface area contributed by atoms with E-state index in [-0.39, 0.29) is 0 Å². The molecule has 138 valence electrons. The quantitative estimate of drug-likeness (QED) is 0.790. The van der Waals surface area contributed by atoms with Crippen LogP contribution in [0.5, 0.6) is 0 Å². The van der Waals surface area contributed by atoms with Crippen molar-refractivity contribution in [2.45, 2.75) is 64.3 Å². The van der Waals surface area contributed by atoms with Gasteiger partial charge in [-0.3, -0.25) is 9.69 Å². The van der Waals surface area contributed by atoms with E-state index in [1.54, 1.807) is 0 Å². The van der Waals surface area contributed by atoms with Crippen LogP contribution in [0.2, 0.25) is 0 Å². The van der Waals surface area contributed by atoms with E-state index in [0.717, 1.165) is 25.4 Å². The Morgan fingerprint density at radius 2 is 1.62 bits per heavy atom. The molecule has 1 amide bonds. The summed E-state index contributed by atoms with van der Waals surface area (Å²) in [6, 6.07) is 0.676. The largest absolute Gasteiger partial charge is 0.343 e. The highest BCUT2D eigenvalue weighted by Gasteiger charge is 2.28. The third-order valence-corrected chi connectivity index (χ3v) is 6.62. The second-order valence-electron chi connectivity index (χ2n) is 8.64. The van der Waals surface area contributed by atoms with Crippen molar-refractivity contribution in [3.8, 4) is 0 Å². The lowest BCUT2D eigenvalue weighted by Gasteiger charge is -2.41. The Hall–Kier alpha value is -0.610. The first-order valence-corrected chi connectivity index (χ1v) is 10.3. The molecule has 0 aromatic rings. The molecule has 2 heterocycles. The lowest BCUT2D eigenvalue weighted by Crippen LogP contribution is -2.52. The Morgan fingerprint density at radius 1 is 0.917 bits per heavy atom. The summed E-state index contributed by atoms with van der Waals surface area (Å²) in [5.74, 6) is 1.90. The molecule has 0 aromatic heterocycles. The van der Waals surface area contributed by atoms with Gasteiger partial charge in [0.15, 0.2) is 0 Å². The van der Waals surface area contributed by atoms with Crippen molar-refractivity contribution in [2.24, 2.45) is 11.8 Å². The third kappa shape index (κ3) is 4.95. The highest BCUT2D eigenvalue weighted by molar-refractivity contribution is 5.76. The first-order valence-electron chi connectivity index (χ1n) is 10.3. The Labute approximate surface area is 148 Å². The molecule has 1 atom stereocenters. The maximum Gasteiger partial charge on any atom is 0.222 e. The number of rotatable bonds is 4. The average Bonchev–Trinajstić information content (AvgIpc) is 2.59. The Balaban J connectivity index is 1.38. The summed E-state index contributed by atoms with van der Waals surface area (Å²) >= 11 is 0. The van der Waals surface area contributed by atoms with Gasteiger partial charge in [-0.25, -0.2) is 0 Å². The average molecular weight is 336 g/mol. The van der Waals surface area contributed by atoms with Crippen LogP contribution in [0.25, 0.3) is 0 Å². The topological polar surface area (TPSA) is 26.8 Å². The van der Waals surface area contributed by atoms with Crippen LogP contribution in [0.15, 0.2) is 0 Å². The predicted molar refractivity (Wildman–Crippen MR) is 99.0 cm³/mol. The second-order valence-corrected chi connectivity index (χ2v) is 8.64. The molecule has 3 fully saturated rings. The summed E-state index contributed by atoms with van der Waals surface area (Å²) in [6.45, 7) is 9.19. The van der Waals surface area contributed by atoms with Crippen molar-refractivity contribution in [1.82, 2.24) is 14.7 Å². The van der Waals surface area contributed by atoms with E-state index in [1.807, 2.05) is 0 Å². The summed E-state index contributed by atoms with van der Waals surface area (Å²) in [7, 11) is 2.23. The Bertz CT molecular complexity index is 400. The number of amides is 1. The number of carbonyl (C=O) groups is 1. The minimum absolute atomic E-state index is 0.438. The molecule has 4 heteroatoms. The summed E-state index contributed by atoms with van der Waals surface area (Å²) in [5.41, 5.74) is 0. The van der Waals surface area contributed by atoms with Gasteiger partial charge in [-0.1, -0.05) is 19.3 Å². The van der Waals surface area contributed by atoms with E-state index in [1.165, 1.54) is 71.1 Å². The summed E-state index contributed by atoms with van der Waals surface area (Å²) in [6.07, 6.45) is 9.84. The minimum atomic E-state index is 0.438. The number of nitrogens with zero attached hydrogens (tertiary/aromatic N) is 3. The van der Waals surface area contributed by atoms with E-state index in [9.17, 15) is 4.79 Å². The van der Waals surface area contributed by atoms with Crippen molar-refractivity contribution in [3.63, 3.8) is 0 Å². The normalized spacial score (nSPS) is 29.1. The Kier molecular flexibility index (Phi) is 6.56. The molecular weight excluding hydrogens is 298 g/mol. The monoisotopic (exact) mass is 335 g/mol. The van der Waals surface area contributed by atoms with Crippen LogP contribution in [-0.2, 0) is 4.79 Å². The van der Waals surface area contributed by atoms with Gasteiger partial charge >= 0.3 is 0 Å². The van der Waals surface area contributed by atoms with Crippen LogP contribution in [0.4, 0.5) is 0 Å². The number of hydrogen-bond acceptors (Lipinski definition) is 3. The number of carbonyl (C=O) groups excluding carboxylic acids is 1. The second kappa shape index (κ2) is 8.66. The number of hydrogen-bond donors (Lipinski definition) is 0. The molecule has 0 bridgehead atoms. The minimum Gasteiger partial charge on any atom is -0.343 e. The number of piperazine rings is 1. The highest BCUT2D eigenvalue weighted by Crippen LogP contribution is 2.28. The van der Waals surface area contributed by atoms with Crippen molar-refractivity contribution in [2.75, 3.05) is 46.3 Å². The van der Waals surface area contributed by atoms with Gasteiger partial charge in [0.05, 0.1) is 0 Å². The molecule has 2 saturated heterocycles. The zero-order chi connectivity index (χ0) is 16.9. The number of piperidine rings is 1. The fourth-order valence-electron chi connectivity index (χ4n) is 4.91. The summed E-state index contributed by atoms with van der Waals surface area (Å²) < 4.78 is 0. The summed E-state index contributed by atoms with van der Waals surface area (Å²) in [5, 5.41) is 0. The third-order valence-electron chi connectivity index (χ3n) is 6.62. The van der Waals surface area contributed by atoms with Crippen LogP contribution in [0, 0.1) is 11.8 Å². The van der Waals surface area contributed by atoms with Crippen molar-refractivity contribution in [1.29, 1.82) is 0 Å². The van der Waals surface area contributed by atoms with Crippen LogP contribution in [-0.4, -0.2) is 73.0 Å². The molecule has 4 nitrogen and oxygen atoms in total. The van der Waals surface area contributed by atoms with E-state index in [0.29, 0.717) is 17.9 Å². The lowest BCUT2D eigenvalue weighted by atomic mass is 9.86. The van der Waals surface area contributed by atoms with Crippen molar-refractivity contribution in [3.05, 3.63) is 0 Å². The van der Waals surface area contributed by atoms with Crippen LogP contribution >= 0.6 is 0 Å². The molecule has 3 aliphatic rings. The molecule has 1 aliphatic carbocycles. The van der Waals surface area contributed by atoms with Gasteiger partial charge in [0.25, 0.3) is 0 Å². The molecule has 1 saturated carbocycles. The first-order chi connectivity index (χ1) is 11.6. The number of likely N-dealkylation sites (N-methyl/N-ethyl adjacent to an activating group) is 1. The van der Waals surface area contributed by atoms with Crippen molar-refractivity contribution < 1.29 is 4.79 Å². The van der Waals surface area contributed by atoms with Gasteiger partial charge in [0.1, 0.15) is 0 Å². The van der Waals surface area contributed by atoms with Gasteiger partial charge in [0, 0.05) is 51.7 Å². The van der Waals surface area contributed by atoms with Crippen LogP contribution in [0.3, 0.4) is 0 Å².